The Morgan fingerprint density at radius 3 is 2.75 bits per heavy atom. The maximum atomic E-state index is 4.12. The van der Waals surface area contributed by atoms with Gasteiger partial charge in [0, 0.05) is 0 Å². The molecule has 0 saturated carbocycles. The number of hydrogen-bond acceptors (Lipinski definition) is 0. The van der Waals surface area contributed by atoms with E-state index in [4.69, 9.17) is 0 Å². The van der Waals surface area contributed by atoms with Crippen molar-refractivity contribution >= 4 is 0 Å². The first kappa shape index (κ1) is 13.3. The molecule has 0 N–H and O–H groups in total. The summed E-state index contributed by atoms with van der Waals surface area (Å²) in [5.41, 5.74) is 2.91. The Bertz CT molecular complexity index is 278. The molecule has 0 aromatic carbocycles. The Kier molecular flexibility index (Phi) is 5.59. The molecule has 0 spiro atoms. The maximum Gasteiger partial charge on any atom is -0.0204 e. The van der Waals surface area contributed by atoms with E-state index in [9.17, 15) is 0 Å². The van der Waals surface area contributed by atoms with Crippen LogP contribution in [0.1, 0.15) is 52.9 Å². The average Bonchev–Trinajstić information content (AvgIpc) is 2.26. The van der Waals surface area contributed by atoms with Gasteiger partial charge in [-0.2, -0.15) is 0 Å². The highest BCUT2D eigenvalue weighted by atomic mass is 14.2. The summed E-state index contributed by atoms with van der Waals surface area (Å²) in [6, 6.07) is 0. The van der Waals surface area contributed by atoms with Crippen molar-refractivity contribution in [2.45, 2.75) is 52.9 Å². The topological polar surface area (TPSA) is 0 Å². The highest BCUT2D eigenvalue weighted by Crippen LogP contribution is 2.25. The largest absolute Gasteiger partial charge is 0.0958 e. The van der Waals surface area contributed by atoms with Crippen molar-refractivity contribution in [3.63, 3.8) is 0 Å². The summed E-state index contributed by atoms with van der Waals surface area (Å²) in [6.45, 7) is 11.0. The molecule has 0 radical (unpaired) electrons. The summed E-state index contributed by atoms with van der Waals surface area (Å²) in [6.07, 6.45) is 13.1. The molecule has 1 aliphatic carbocycles. The number of allylic oxidation sites excluding steroid dienone is 5. The second-order valence-electron chi connectivity index (χ2n) is 5.22. The van der Waals surface area contributed by atoms with Gasteiger partial charge in [-0.05, 0) is 43.9 Å². The van der Waals surface area contributed by atoms with Gasteiger partial charge in [-0.25, -0.2) is 0 Å². The summed E-state index contributed by atoms with van der Waals surface area (Å²) in [4.78, 5) is 0. The second kappa shape index (κ2) is 6.73. The van der Waals surface area contributed by atoms with Crippen LogP contribution in [-0.2, 0) is 0 Å². The molecule has 0 aromatic rings. The highest BCUT2D eigenvalue weighted by molar-refractivity contribution is 5.18. The molecule has 0 amide bonds. The normalized spacial score (nSPS) is 28.6. The third-order valence-corrected chi connectivity index (χ3v) is 3.59. The van der Waals surface area contributed by atoms with Crippen LogP contribution >= 0.6 is 0 Å². The van der Waals surface area contributed by atoms with Gasteiger partial charge < -0.3 is 0 Å². The highest BCUT2D eigenvalue weighted by Gasteiger charge is 2.11. The minimum Gasteiger partial charge on any atom is -0.0958 e. The van der Waals surface area contributed by atoms with E-state index >= 15 is 0 Å². The van der Waals surface area contributed by atoms with E-state index < -0.39 is 0 Å². The predicted octanol–water partition coefficient (Wildman–Crippen LogP) is 5.28. The van der Waals surface area contributed by atoms with Crippen LogP contribution in [0.15, 0.2) is 36.0 Å². The zero-order chi connectivity index (χ0) is 12.0. The van der Waals surface area contributed by atoms with E-state index in [1.807, 2.05) is 0 Å². The van der Waals surface area contributed by atoms with Crippen LogP contribution in [0.5, 0.6) is 0 Å². The van der Waals surface area contributed by atoms with Crippen LogP contribution in [0.3, 0.4) is 0 Å². The van der Waals surface area contributed by atoms with Gasteiger partial charge in [-0.1, -0.05) is 56.7 Å². The third-order valence-electron chi connectivity index (χ3n) is 3.59. The first-order chi connectivity index (χ1) is 7.63. The van der Waals surface area contributed by atoms with Crippen molar-refractivity contribution < 1.29 is 0 Å². The maximum absolute atomic E-state index is 4.12. The van der Waals surface area contributed by atoms with Gasteiger partial charge in [0.2, 0.25) is 0 Å². The number of rotatable bonds is 2. The molecule has 0 nitrogen and oxygen atoms in total. The minimum atomic E-state index is 0.713. The van der Waals surface area contributed by atoms with Gasteiger partial charge in [0.25, 0.3) is 0 Å². The standard InChI is InChI=1S/C16H26/c1-5-15-8-6-7-14(4)9-11-16(12-10-15)13(2)3/h8-9,11,13,16H,4-7,10,12H2,1-3H3/b11-9+,15-8+/t16-/m0/s1. The summed E-state index contributed by atoms with van der Waals surface area (Å²) >= 11 is 0. The van der Waals surface area contributed by atoms with Crippen LogP contribution < -0.4 is 0 Å². The molecular weight excluding hydrogens is 192 g/mol. The molecule has 0 aliphatic heterocycles. The van der Waals surface area contributed by atoms with E-state index in [1.165, 1.54) is 31.3 Å². The van der Waals surface area contributed by atoms with Gasteiger partial charge in [0.1, 0.15) is 0 Å². The number of hydrogen-bond donors (Lipinski definition) is 0. The van der Waals surface area contributed by atoms with E-state index in [-0.39, 0.29) is 0 Å². The monoisotopic (exact) mass is 218 g/mol. The fourth-order valence-electron chi connectivity index (χ4n) is 2.23. The Morgan fingerprint density at radius 1 is 1.38 bits per heavy atom. The smallest absolute Gasteiger partial charge is 0.0204 e. The molecule has 16 heavy (non-hydrogen) atoms. The van der Waals surface area contributed by atoms with Crippen molar-refractivity contribution in [1.82, 2.24) is 0 Å². The molecule has 1 atom stereocenters. The lowest BCUT2D eigenvalue weighted by Crippen LogP contribution is -2.06. The Morgan fingerprint density at radius 2 is 2.12 bits per heavy atom. The molecule has 1 rings (SSSR count). The zero-order valence-electron chi connectivity index (χ0n) is 11.1. The lowest BCUT2D eigenvalue weighted by atomic mass is 9.87. The lowest BCUT2D eigenvalue weighted by molar-refractivity contribution is 0.433. The first-order valence-electron chi connectivity index (χ1n) is 6.67. The first-order valence-corrected chi connectivity index (χ1v) is 6.67. The fourth-order valence-corrected chi connectivity index (χ4v) is 2.23. The van der Waals surface area contributed by atoms with E-state index in [0.29, 0.717) is 5.92 Å². The van der Waals surface area contributed by atoms with Crippen LogP contribution in [0, 0.1) is 11.8 Å². The van der Waals surface area contributed by atoms with Crippen molar-refractivity contribution in [2.24, 2.45) is 11.8 Å². The SMILES string of the molecule is C=C1/C=C/[C@H](C(C)C)CC/C(CC)=C/CC1. The summed E-state index contributed by atoms with van der Waals surface area (Å²) < 4.78 is 0. The molecule has 0 heteroatoms. The van der Waals surface area contributed by atoms with Crippen molar-refractivity contribution in [2.75, 3.05) is 0 Å². The second-order valence-corrected chi connectivity index (χ2v) is 5.22. The van der Waals surface area contributed by atoms with Crippen LogP contribution in [0.2, 0.25) is 0 Å². The molecule has 0 heterocycles. The van der Waals surface area contributed by atoms with Gasteiger partial charge in [0.05, 0.1) is 0 Å². The van der Waals surface area contributed by atoms with Gasteiger partial charge >= 0.3 is 0 Å². The molecule has 0 aromatic heterocycles. The summed E-state index contributed by atoms with van der Waals surface area (Å²) in [7, 11) is 0. The average molecular weight is 218 g/mol. The Balaban J connectivity index is 2.73. The molecular formula is C16H26. The minimum absolute atomic E-state index is 0.713. The van der Waals surface area contributed by atoms with E-state index in [0.717, 1.165) is 12.3 Å². The summed E-state index contributed by atoms with van der Waals surface area (Å²) in [5.74, 6) is 1.45. The van der Waals surface area contributed by atoms with Crippen LogP contribution in [0.4, 0.5) is 0 Å². The quantitative estimate of drug-likeness (QED) is 0.553. The third kappa shape index (κ3) is 4.38. The fraction of sp³-hybridized carbons (Fsp3) is 0.625. The molecule has 1 aliphatic rings. The molecule has 90 valence electrons. The van der Waals surface area contributed by atoms with Gasteiger partial charge in [-0.3, -0.25) is 0 Å². The molecule has 0 fully saturated rings. The van der Waals surface area contributed by atoms with Gasteiger partial charge in [-0.15, -0.1) is 0 Å². The van der Waals surface area contributed by atoms with Crippen LogP contribution in [0.25, 0.3) is 0 Å². The lowest BCUT2D eigenvalue weighted by Gasteiger charge is -2.19. The van der Waals surface area contributed by atoms with Crippen LogP contribution in [-0.4, -0.2) is 0 Å². The Hall–Kier alpha value is -0.780. The molecule has 0 bridgehead atoms. The van der Waals surface area contributed by atoms with E-state index in [1.54, 1.807) is 5.57 Å². The molecule has 0 saturated heterocycles. The van der Waals surface area contributed by atoms with Crippen molar-refractivity contribution in [3.8, 4) is 0 Å². The van der Waals surface area contributed by atoms with Crippen molar-refractivity contribution in [1.29, 1.82) is 0 Å². The van der Waals surface area contributed by atoms with E-state index in [2.05, 4.69) is 45.6 Å². The zero-order valence-corrected chi connectivity index (χ0v) is 11.1. The predicted molar refractivity (Wildman–Crippen MR) is 73.5 cm³/mol. The van der Waals surface area contributed by atoms with Crippen molar-refractivity contribution in [3.05, 3.63) is 36.0 Å². The summed E-state index contributed by atoms with van der Waals surface area (Å²) in [5, 5.41) is 0. The molecule has 0 unspecified atom stereocenters. The Labute approximate surface area is 101 Å². The van der Waals surface area contributed by atoms with Gasteiger partial charge in [0.15, 0.2) is 0 Å².